The number of nitrogens with two attached hydrogens (primary N) is 1. The topological polar surface area (TPSA) is 53.1 Å². The summed E-state index contributed by atoms with van der Waals surface area (Å²) in [5, 5.41) is 8.19. The molecule has 0 amide bonds. The Morgan fingerprint density at radius 2 is 2.18 bits per heavy atom. The lowest BCUT2D eigenvalue weighted by molar-refractivity contribution is 0.560. The van der Waals surface area contributed by atoms with E-state index in [2.05, 4.69) is 18.7 Å². The molecule has 0 aromatic heterocycles. The molecule has 0 saturated heterocycles. The maximum Gasteiger partial charge on any atom is 0.124 e. The average molecular weight is 254 g/mol. The number of hydrogen-bond acceptors (Lipinski definition) is 2. The molecule has 0 aliphatic rings. The van der Waals surface area contributed by atoms with Gasteiger partial charge in [0.1, 0.15) is 5.84 Å². The van der Waals surface area contributed by atoms with Crippen molar-refractivity contribution in [3.8, 4) is 0 Å². The van der Waals surface area contributed by atoms with E-state index in [-0.39, 0.29) is 5.84 Å². The van der Waals surface area contributed by atoms with Crippen LogP contribution in [0.3, 0.4) is 0 Å². The van der Waals surface area contributed by atoms with Gasteiger partial charge in [-0.15, -0.1) is 0 Å². The maximum atomic E-state index is 7.59. The number of benzene rings is 1. The van der Waals surface area contributed by atoms with E-state index in [9.17, 15) is 0 Å². The van der Waals surface area contributed by atoms with Gasteiger partial charge in [-0.2, -0.15) is 0 Å². The summed E-state index contributed by atoms with van der Waals surface area (Å²) in [6, 6.07) is 5.49. The number of nitrogens with zero attached hydrogens (tertiary/aromatic N) is 1. The highest BCUT2D eigenvalue weighted by Gasteiger charge is 2.12. The highest BCUT2D eigenvalue weighted by molar-refractivity contribution is 6.31. The normalized spacial score (nSPS) is 12.2. The lowest BCUT2D eigenvalue weighted by Crippen LogP contribution is -2.26. The summed E-state index contributed by atoms with van der Waals surface area (Å²) < 4.78 is 0. The molecular formula is C13H20ClN3. The maximum absolute atomic E-state index is 7.59. The van der Waals surface area contributed by atoms with Crippen molar-refractivity contribution < 1.29 is 0 Å². The Morgan fingerprint density at radius 3 is 2.71 bits per heavy atom. The van der Waals surface area contributed by atoms with Crippen LogP contribution >= 0.6 is 11.6 Å². The van der Waals surface area contributed by atoms with Crippen molar-refractivity contribution >= 4 is 23.1 Å². The number of amidine groups is 1. The highest BCUT2D eigenvalue weighted by atomic mass is 35.5. The zero-order valence-electron chi connectivity index (χ0n) is 10.6. The van der Waals surface area contributed by atoms with Crippen molar-refractivity contribution in [1.29, 1.82) is 5.41 Å². The van der Waals surface area contributed by atoms with Crippen molar-refractivity contribution in [3.63, 3.8) is 0 Å². The third kappa shape index (κ3) is 3.63. The van der Waals surface area contributed by atoms with Crippen LogP contribution in [0.15, 0.2) is 18.2 Å². The minimum absolute atomic E-state index is 0.0542. The number of nitrogen functional groups attached to an aromatic ring is 1. The molecule has 1 aromatic rings. The van der Waals surface area contributed by atoms with Crippen LogP contribution < -0.4 is 10.6 Å². The van der Waals surface area contributed by atoms with Gasteiger partial charge < -0.3 is 10.6 Å². The Bertz CT molecular complexity index is 404. The van der Waals surface area contributed by atoms with Crippen molar-refractivity contribution in [2.45, 2.75) is 20.3 Å². The molecular weight excluding hydrogens is 234 g/mol. The molecule has 4 heteroatoms. The largest absolute Gasteiger partial charge is 0.384 e. The molecule has 3 N–H and O–H groups in total. The SMILES string of the molecule is CCC(C)CN(C)c1ccc(Cl)cc1C(=N)N. The third-order valence-corrected chi connectivity index (χ3v) is 3.18. The second-order valence-electron chi connectivity index (χ2n) is 4.47. The van der Waals surface area contributed by atoms with Crippen LogP contribution in [-0.2, 0) is 0 Å². The predicted molar refractivity (Wildman–Crippen MR) is 75.2 cm³/mol. The van der Waals surface area contributed by atoms with E-state index in [0.29, 0.717) is 16.5 Å². The second-order valence-corrected chi connectivity index (χ2v) is 4.91. The molecule has 1 aromatic carbocycles. The molecule has 0 aliphatic heterocycles. The van der Waals surface area contributed by atoms with Crippen molar-refractivity contribution in [2.75, 3.05) is 18.5 Å². The quantitative estimate of drug-likeness (QED) is 0.626. The van der Waals surface area contributed by atoms with E-state index in [4.69, 9.17) is 22.7 Å². The van der Waals surface area contributed by atoms with Gasteiger partial charge >= 0.3 is 0 Å². The van der Waals surface area contributed by atoms with Crippen LogP contribution in [0.1, 0.15) is 25.8 Å². The van der Waals surface area contributed by atoms with E-state index < -0.39 is 0 Å². The Balaban J connectivity index is 3.00. The number of anilines is 1. The molecule has 1 unspecified atom stereocenters. The molecule has 1 atom stereocenters. The van der Waals surface area contributed by atoms with Crippen molar-refractivity contribution in [3.05, 3.63) is 28.8 Å². The number of rotatable bonds is 5. The third-order valence-electron chi connectivity index (χ3n) is 2.94. The van der Waals surface area contributed by atoms with E-state index in [0.717, 1.165) is 18.7 Å². The lowest BCUT2D eigenvalue weighted by atomic mass is 10.1. The summed E-state index contributed by atoms with van der Waals surface area (Å²) >= 11 is 5.93. The highest BCUT2D eigenvalue weighted by Crippen LogP contribution is 2.24. The van der Waals surface area contributed by atoms with Gasteiger partial charge in [-0.3, -0.25) is 5.41 Å². The summed E-state index contributed by atoms with van der Waals surface area (Å²) in [5.74, 6) is 0.661. The zero-order valence-corrected chi connectivity index (χ0v) is 11.4. The summed E-state index contributed by atoms with van der Waals surface area (Å²) in [6.45, 7) is 5.32. The van der Waals surface area contributed by atoms with E-state index >= 15 is 0 Å². The second kappa shape index (κ2) is 5.92. The minimum atomic E-state index is 0.0542. The van der Waals surface area contributed by atoms with Crippen LogP contribution in [0.2, 0.25) is 5.02 Å². The summed E-state index contributed by atoms with van der Waals surface area (Å²) in [5.41, 5.74) is 7.24. The first kappa shape index (κ1) is 13.8. The average Bonchev–Trinajstić information content (AvgIpc) is 2.28. The van der Waals surface area contributed by atoms with Crippen LogP contribution in [0.25, 0.3) is 0 Å². The van der Waals surface area contributed by atoms with E-state index in [1.54, 1.807) is 6.07 Å². The molecule has 0 bridgehead atoms. The standard InChI is InChI=1S/C13H20ClN3/c1-4-9(2)8-17(3)12-6-5-10(14)7-11(12)13(15)16/h5-7,9H,4,8H2,1-3H3,(H3,15,16). The smallest absolute Gasteiger partial charge is 0.124 e. The Labute approximate surface area is 108 Å². The van der Waals surface area contributed by atoms with Crippen LogP contribution in [0.4, 0.5) is 5.69 Å². The summed E-state index contributed by atoms with van der Waals surface area (Å²) in [4.78, 5) is 2.13. The Morgan fingerprint density at radius 1 is 1.53 bits per heavy atom. The van der Waals surface area contributed by atoms with Crippen molar-refractivity contribution in [2.24, 2.45) is 11.7 Å². The van der Waals surface area contributed by atoms with Crippen LogP contribution in [-0.4, -0.2) is 19.4 Å². The van der Waals surface area contributed by atoms with Gasteiger partial charge in [0.25, 0.3) is 0 Å². The lowest BCUT2D eigenvalue weighted by Gasteiger charge is -2.25. The number of halogens is 1. The van der Waals surface area contributed by atoms with Gasteiger partial charge in [-0.05, 0) is 24.1 Å². The van der Waals surface area contributed by atoms with Gasteiger partial charge in [0, 0.05) is 29.9 Å². The monoisotopic (exact) mass is 253 g/mol. The molecule has 94 valence electrons. The summed E-state index contributed by atoms with van der Waals surface area (Å²) in [7, 11) is 2.02. The number of hydrogen-bond donors (Lipinski definition) is 2. The fraction of sp³-hybridized carbons (Fsp3) is 0.462. The van der Waals surface area contributed by atoms with Gasteiger partial charge in [0.2, 0.25) is 0 Å². The first-order valence-electron chi connectivity index (χ1n) is 5.80. The van der Waals surface area contributed by atoms with E-state index in [1.807, 2.05) is 19.2 Å². The fourth-order valence-electron chi connectivity index (χ4n) is 1.75. The summed E-state index contributed by atoms with van der Waals surface area (Å²) in [6.07, 6.45) is 1.13. The molecule has 0 spiro atoms. The molecule has 3 nitrogen and oxygen atoms in total. The first-order valence-corrected chi connectivity index (χ1v) is 6.18. The van der Waals surface area contributed by atoms with E-state index in [1.165, 1.54) is 0 Å². The number of nitrogens with one attached hydrogen (secondary N) is 1. The molecule has 0 saturated carbocycles. The van der Waals surface area contributed by atoms with Gasteiger partial charge in [0.15, 0.2) is 0 Å². The first-order chi connectivity index (χ1) is 7.95. The molecule has 0 aliphatic carbocycles. The van der Waals surface area contributed by atoms with Crippen LogP contribution in [0, 0.1) is 11.3 Å². The molecule has 17 heavy (non-hydrogen) atoms. The zero-order chi connectivity index (χ0) is 13.0. The fourth-order valence-corrected chi connectivity index (χ4v) is 1.92. The van der Waals surface area contributed by atoms with Gasteiger partial charge in [-0.1, -0.05) is 31.9 Å². The predicted octanol–water partition coefficient (Wildman–Crippen LogP) is 3.11. The minimum Gasteiger partial charge on any atom is -0.384 e. The Kier molecular flexibility index (Phi) is 4.82. The van der Waals surface area contributed by atoms with Gasteiger partial charge in [-0.25, -0.2) is 0 Å². The van der Waals surface area contributed by atoms with Gasteiger partial charge in [0.05, 0.1) is 0 Å². The van der Waals surface area contributed by atoms with Crippen molar-refractivity contribution in [1.82, 2.24) is 0 Å². The molecule has 0 fully saturated rings. The Hall–Kier alpha value is -1.22. The molecule has 0 heterocycles. The van der Waals surface area contributed by atoms with Crippen LogP contribution in [0.5, 0.6) is 0 Å². The molecule has 0 radical (unpaired) electrons. The molecule has 1 rings (SSSR count).